The van der Waals surface area contributed by atoms with Gasteiger partial charge in [0.05, 0.1) is 0 Å². The number of hydrogen-bond donors (Lipinski definition) is 1. The van der Waals surface area contributed by atoms with Crippen molar-refractivity contribution in [3.8, 4) is 5.75 Å². The Morgan fingerprint density at radius 1 is 0.880 bits per heavy atom. The van der Waals surface area contributed by atoms with Crippen LogP contribution in [0.3, 0.4) is 0 Å². The second kappa shape index (κ2) is 9.08. The summed E-state index contributed by atoms with van der Waals surface area (Å²) in [6, 6.07) is 17.7. The molecule has 0 aliphatic rings. The molecule has 0 bridgehead atoms. The maximum absolute atomic E-state index is 9.42. The van der Waals surface area contributed by atoms with Gasteiger partial charge in [0.2, 0.25) is 0 Å². The fourth-order valence-electron chi connectivity index (χ4n) is 2.62. The van der Waals surface area contributed by atoms with Crippen molar-refractivity contribution in [3.05, 3.63) is 89.5 Å². The van der Waals surface area contributed by atoms with E-state index in [0.717, 1.165) is 18.4 Å². The molecule has 0 saturated carbocycles. The molecule has 0 aliphatic heterocycles. The van der Waals surface area contributed by atoms with Crippen molar-refractivity contribution in [1.29, 1.82) is 0 Å². The van der Waals surface area contributed by atoms with Crippen LogP contribution in [-0.2, 0) is 0 Å². The summed E-state index contributed by atoms with van der Waals surface area (Å²) in [7, 11) is 0. The summed E-state index contributed by atoms with van der Waals surface area (Å²) in [6.07, 6.45) is 13.3. The average molecular weight is 332 g/mol. The molecule has 0 aromatic heterocycles. The van der Waals surface area contributed by atoms with E-state index in [0.29, 0.717) is 5.75 Å². The zero-order valence-corrected chi connectivity index (χ0v) is 15.4. The van der Waals surface area contributed by atoms with Gasteiger partial charge in [-0.2, -0.15) is 0 Å². The van der Waals surface area contributed by atoms with Crippen molar-refractivity contribution in [1.82, 2.24) is 0 Å². The fraction of sp³-hybridized carbons (Fsp3) is 0.250. The van der Waals surface area contributed by atoms with Crippen LogP contribution in [0.5, 0.6) is 5.75 Å². The standard InChI is InChI=1S/C24H28O/c1-20(2)8-7-17-24(3,18-15-21-9-5-4-6-10-21)19-16-22-11-13-23(25)14-12-22/h4-6,8-16,18-19,25H,7,17H2,1-3H3/b18-15+,19-16+/t24-/m0/s1. The van der Waals surface area contributed by atoms with Crippen LogP contribution in [0.1, 0.15) is 44.7 Å². The molecule has 1 atom stereocenters. The molecule has 1 N–H and O–H groups in total. The highest BCUT2D eigenvalue weighted by atomic mass is 16.3. The third kappa shape index (κ3) is 6.84. The highest BCUT2D eigenvalue weighted by Crippen LogP contribution is 2.30. The number of phenolic OH excluding ortho intramolecular Hbond substituents is 1. The van der Waals surface area contributed by atoms with Gasteiger partial charge in [-0.3, -0.25) is 0 Å². The fourth-order valence-corrected chi connectivity index (χ4v) is 2.62. The molecule has 2 aromatic rings. The molecule has 1 heteroatoms. The number of hydrogen-bond acceptors (Lipinski definition) is 1. The van der Waals surface area contributed by atoms with Crippen molar-refractivity contribution in [2.24, 2.45) is 5.41 Å². The van der Waals surface area contributed by atoms with E-state index >= 15 is 0 Å². The normalized spacial score (nSPS) is 13.9. The highest BCUT2D eigenvalue weighted by Gasteiger charge is 2.16. The van der Waals surface area contributed by atoms with Crippen LogP contribution in [0.25, 0.3) is 12.2 Å². The summed E-state index contributed by atoms with van der Waals surface area (Å²) < 4.78 is 0. The number of phenols is 1. The van der Waals surface area contributed by atoms with Crippen molar-refractivity contribution in [3.63, 3.8) is 0 Å². The molecule has 0 aliphatic carbocycles. The number of aromatic hydroxyl groups is 1. The first-order chi connectivity index (χ1) is 12.0. The van der Waals surface area contributed by atoms with Crippen LogP contribution in [-0.4, -0.2) is 5.11 Å². The van der Waals surface area contributed by atoms with E-state index in [-0.39, 0.29) is 5.41 Å². The Hall–Kier alpha value is -2.54. The number of allylic oxidation sites excluding steroid dienone is 4. The monoisotopic (exact) mass is 332 g/mol. The van der Waals surface area contributed by atoms with E-state index in [4.69, 9.17) is 0 Å². The second-order valence-corrected chi connectivity index (χ2v) is 6.99. The summed E-state index contributed by atoms with van der Waals surface area (Å²) in [4.78, 5) is 0. The lowest BCUT2D eigenvalue weighted by molar-refractivity contribution is 0.475. The van der Waals surface area contributed by atoms with E-state index < -0.39 is 0 Å². The molecular weight excluding hydrogens is 304 g/mol. The van der Waals surface area contributed by atoms with Crippen LogP contribution >= 0.6 is 0 Å². The first-order valence-corrected chi connectivity index (χ1v) is 8.83. The quantitative estimate of drug-likeness (QED) is 0.548. The SMILES string of the molecule is CC(C)=CCC[C@@](C)(/C=C/c1ccccc1)/C=C/c1ccc(O)cc1. The van der Waals surface area contributed by atoms with Gasteiger partial charge in [-0.25, -0.2) is 0 Å². The van der Waals surface area contributed by atoms with Crippen molar-refractivity contribution < 1.29 is 5.11 Å². The third-order valence-corrected chi connectivity index (χ3v) is 4.24. The Kier molecular flexibility index (Phi) is 6.82. The largest absolute Gasteiger partial charge is 0.508 e. The summed E-state index contributed by atoms with van der Waals surface area (Å²) in [6.45, 7) is 6.55. The molecule has 0 fully saturated rings. The lowest BCUT2D eigenvalue weighted by Crippen LogP contribution is -2.09. The number of rotatable bonds is 7. The van der Waals surface area contributed by atoms with Crippen LogP contribution in [0.2, 0.25) is 0 Å². The lowest BCUT2D eigenvalue weighted by Gasteiger charge is -2.21. The van der Waals surface area contributed by atoms with Crippen molar-refractivity contribution in [2.45, 2.75) is 33.6 Å². The Morgan fingerprint density at radius 2 is 1.44 bits per heavy atom. The average Bonchev–Trinajstić information content (AvgIpc) is 2.60. The van der Waals surface area contributed by atoms with Crippen LogP contribution < -0.4 is 0 Å². The number of benzene rings is 2. The van der Waals surface area contributed by atoms with Gasteiger partial charge in [0.25, 0.3) is 0 Å². The van der Waals surface area contributed by atoms with Gasteiger partial charge in [-0.05, 0) is 49.9 Å². The summed E-state index contributed by atoms with van der Waals surface area (Å²) >= 11 is 0. The van der Waals surface area contributed by atoms with E-state index in [9.17, 15) is 5.11 Å². The molecule has 0 radical (unpaired) electrons. The van der Waals surface area contributed by atoms with E-state index in [1.807, 2.05) is 18.2 Å². The van der Waals surface area contributed by atoms with Crippen LogP contribution in [0.15, 0.2) is 78.4 Å². The molecule has 0 spiro atoms. The van der Waals surface area contributed by atoms with Crippen LogP contribution in [0.4, 0.5) is 0 Å². The smallest absolute Gasteiger partial charge is 0.115 e. The maximum atomic E-state index is 9.42. The van der Waals surface area contributed by atoms with Gasteiger partial charge in [-0.1, -0.05) is 85.3 Å². The van der Waals surface area contributed by atoms with Gasteiger partial charge in [-0.15, -0.1) is 0 Å². The Balaban J connectivity index is 2.19. The minimum Gasteiger partial charge on any atom is -0.508 e. The minimum atomic E-state index is -0.0281. The Morgan fingerprint density at radius 3 is 2.00 bits per heavy atom. The molecule has 0 amide bonds. The Labute approximate surface area is 152 Å². The van der Waals surface area contributed by atoms with Gasteiger partial charge in [0.1, 0.15) is 5.75 Å². The first kappa shape index (κ1) is 18.8. The molecular formula is C24H28O. The minimum absolute atomic E-state index is 0.0281. The summed E-state index contributed by atoms with van der Waals surface area (Å²) in [5.41, 5.74) is 3.64. The van der Waals surface area contributed by atoms with Gasteiger partial charge >= 0.3 is 0 Å². The van der Waals surface area contributed by atoms with Gasteiger partial charge in [0, 0.05) is 5.41 Å². The lowest BCUT2D eigenvalue weighted by atomic mass is 9.83. The molecule has 1 nitrogen and oxygen atoms in total. The zero-order chi connectivity index (χ0) is 18.1. The van der Waals surface area contributed by atoms with Crippen molar-refractivity contribution >= 4 is 12.2 Å². The molecule has 0 heterocycles. The predicted molar refractivity (Wildman–Crippen MR) is 109 cm³/mol. The Bertz CT molecular complexity index is 731. The first-order valence-electron chi connectivity index (χ1n) is 8.83. The van der Waals surface area contributed by atoms with E-state index in [1.54, 1.807) is 12.1 Å². The third-order valence-electron chi connectivity index (χ3n) is 4.24. The summed E-state index contributed by atoms with van der Waals surface area (Å²) in [5, 5.41) is 9.42. The zero-order valence-electron chi connectivity index (χ0n) is 15.4. The van der Waals surface area contributed by atoms with E-state index in [1.165, 1.54) is 11.1 Å². The highest BCUT2D eigenvalue weighted by molar-refractivity contribution is 5.54. The molecule has 2 rings (SSSR count). The summed E-state index contributed by atoms with van der Waals surface area (Å²) in [5.74, 6) is 0.299. The molecule has 130 valence electrons. The molecule has 2 aromatic carbocycles. The maximum Gasteiger partial charge on any atom is 0.115 e. The van der Waals surface area contributed by atoms with E-state index in [2.05, 4.69) is 75.4 Å². The van der Waals surface area contributed by atoms with Gasteiger partial charge in [0.15, 0.2) is 0 Å². The molecule has 25 heavy (non-hydrogen) atoms. The topological polar surface area (TPSA) is 20.2 Å². The molecule has 0 saturated heterocycles. The van der Waals surface area contributed by atoms with Crippen molar-refractivity contribution in [2.75, 3.05) is 0 Å². The molecule has 0 unspecified atom stereocenters. The van der Waals surface area contributed by atoms with Gasteiger partial charge < -0.3 is 5.11 Å². The predicted octanol–water partition coefficient (Wildman–Crippen LogP) is 6.87. The van der Waals surface area contributed by atoms with Crippen LogP contribution in [0, 0.1) is 5.41 Å². The second-order valence-electron chi connectivity index (χ2n) is 6.99.